The Labute approximate surface area is 214 Å². The van der Waals surface area contributed by atoms with Crippen molar-refractivity contribution in [1.82, 2.24) is 9.21 Å². The minimum Gasteiger partial charge on any atom is -0.475 e. The standard InChI is InChI=1S/C21H29ClN4O2S.C2HF3O2/c22-19-14-17(29(27,28)26-12-10-25(11-13-26)9-3-8-23)6-7-20(19)24-21-15-18(21)16-4-1-2-5-16;3-2(4,5)1(6)7/h6-7,14,16,18,21,24H,1-5,9-13,15H2;(H,6,7). The second-order valence-electron chi connectivity index (χ2n) is 9.29. The first kappa shape index (κ1) is 28.5. The van der Waals surface area contributed by atoms with Crippen LogP contribution in [-0.4, -0.2) is 73.6 Å². The number of halogens is 4. The largest absolute Gasteiger partial charge is 0.490 e. The lowest BCUT2D eigenvalue weighted by Crippen LogP contribution is -2.48. The van der Waals surface area contributed by atoms with E-state index in [0.717, 1.165) is 17.5 Å². The summed E-state index contributed by atoms with van der Waals surface area (Å²) < 4.78 is 59.3. The lowest BCUT2D eigenvalue weighted by Gasteiger charge is -2.33. The minimum absolute atomic E-state index is 0.252. The van der Waals surface area contributed by atoms with Crippen LogP contribution in [0.5, 0.6) is 0 Å². The topological polar surface area (TPSA) is 114 Å². The van der Waals surface area contributed by atoms with Gasteiger partial charge in [0.15, 0.2) is 0 Å². The Morgan fingerprint density at radius 1 is 1.19 bits per heavy atom. The van der Waals surface area contributed by atoms with Crippen molar-refractivity contribution in [2.24, 2.45) is 11.8 Å². The van der Waals surface area contributed by atoms with E-state index < -0.39 is 22.2 Å². The first-order chi connectivity index (χ1) is 16.9. The van der Waals surface area contributed by atoms with E-state index in [4.69, 9.17) is 26.8 Å². The van der Waals surface area contributed by atoms with Gasteiger partial charge in [-0.2, -0.15) is 22.7 Å². The Hall–Kier alpha value is -2.07. The summed E-state index contributed by atoms with van der Waals surface area (Å²) in [5, 5.41) is 19.8. The predicted molar refractivity (Wildman–Crippen MR) is 128 cm³/mol. The Morgan fingerprint density at radius 2 is 1.81 bits per heavy atom. The maximum Gasteiger partial charge on any atom is 0.490 e. The van der Waals surface area contributed by atoms with Gasteiger partial charge in [0.1, 0.15) is 0 Å². The van der Waals surface area contributed by atoms with Gasteiger partial charge in [0.2, 0.25) is 10.0 Å². The van der Waals surface area contributed by atoms with Crippen molar-refractivity contribution in [1.29, 1.82) is 5.26 Å². The van der Waals surface area contributed by atoms with Gasteiger partial charge in [-0.1, -0.05) is 37.3 Å². The molecule has 1 saturated heterocycles. The van der Waals surface area contributed by atoms with Gasteiger partial charge < -0.3 is 10.4 Å². The van der Waals surface area contributed by atoms with E-state index in [-0.39, 0.29) is 4.90 Å². The minimum atomic E-state index is -5.08. The summed E-state index contributed by atoms with van der Waals surface area (Å²) >= 11 is 6.45. The number of nitriles is 1. The Balaban J connectivity index is 0.000000454. The summed E-state index contributed by atoms with van der Waals surface area (Å²) in [5.41, 5.74) is 0.831. The normalized spacial score (nSPS) is 23.4. The molecule has 1 aromatic rings. The average molecular weight is 551 g/mol. The highest BCUT2D eigenvalue weighted by Gasteiger charge is 2.43. The SMILES string of the molecule is N#CCCN1CCN(S(=O)(=O)c2ccc(NC3CC3C3CCCC3)c(Cl)c2)CC1.O=C(O)C(F)(F)F. The van der Waals surface area contributed by atoms with Gasteiger partial charge in [-0.05, 0) is 36.5 Å². The number of sulfonamides is 1. The van der Waals surface area contributed by atoms with Crippen molar-refractivity contribution in [3.8, 4) is 6.07 Å². The Bertz CT molecular complexity index is 1070. The van der Waals surface area contributed by atoms with Crippen molar-refractivity contribution in [3.05, 3.63) is 23.2 Å². The predicted octanol–water partition coefficient (Wildman–Crippen LogP) is 4.18. The zero-order valence-electron chi connectivity index (χ0n) is 19.7. The summed E-state index contributed by atoms with van der Waals surface area (Å²) in [6.45, 7) is 2.88. The summed E-state index contributed by atoms with van der Waals surface area (Å²) in [7, 11) is -3.55. The fraction of sp³-hybridized carbons (Fsp3) is 0.652. The summed E-state index contributed by atoms with van der Waals surface area (Å²) in [4.78, 5) is 11.3. The number of piperazine rings is 1. The molecule has 2 saturated carbocycles. The number of hydrogen-bond donors (Lipinski definition) is 2. The Morgan fingerprint density at radius 3 is 2.33 bits per heavy atom. The van der Waals surface area contributed by atoms with Crippen molar-refractivity contribution in [2.75, 3.05) is 38.0 Å². The van der Waals surface area contributed by atoms with E-state index in [2.05, 4.69) is 16.3 Å². The zero-order chi connectivity index (χ0) is 26.5. The molecule has 2 atom stereocenters. The molecule has 0 bridgehead atoms. The van der Waals surface area contributed by atoms with Crippen molar-refractivity contribution in [3.63, 3.8) is 0 Å². The van der Waals surface area contributed by atoms with E-state index in [9.17, 15) is 21.6 Å². The molecule has 1 aromatic carbocycles. The molecule has 2 aliphatic carbocycles. The number of benzene rings is 1. The van der Waals surface area contributed by atoms with Gasteiger partial charge in [-0.3, -0.25) is 4.90 Å². The van der Waals surface area contributed by atoms with Gasteiger partial charge in [-0.25, -0.2) is 13.2 Å². The van der Waals surface area contributed by atoms with E-state index in [1.807, 2.05) is 6.07 Å². The molecule has 1 heterocycles. The average Bonchev–Trinajstić information content (AvgIpc) is 3.37. The molecular weight excluding hydrogens is 521 g/mol. The zero-order valence-corrected chi connectivity index (χ0v) is 21.2. The first-order valence-corrected chi connectivity index (χ1v) is 13.7. The molecule has 36 heavy (non-hydrogen) atoms. The highest BCUT2D eigenvalue weighted by molar-refractivity contribution is 7.89. The maximum atomic E-state index is 13.0. The van der Waals surface area contributed by atoms with Gasteiger partial charge >= 0.3 is 12.1 Å². The van der Waals surface area contributed by atoms with E-state index >= 15 is 0 Å². The number of carboxylic acid groups (broad SMARTS) is 1. The molecule has 3 aliphatic rings. The number of hydrogen-bond acceptors (Lipinski definition) is 6. The summed E-state index contributed by atoms with van der Waals surface area (Å²) in [6.07, 6.45) is 1.98. The molecular formula is C23H30ClF3N4O4S. The molecule has 13 heteroatoms. The molecule has 0 amide bonds. The number of anilines is 1. The van der Waals surface area contributed by atoms with Gasteiger partial charge in [0.05, 0.1) is 21.7 Å². The highest BCUT2D eigenvalue weighted by atomic mass is 35.5. The molecule has 200 valence electrons. The molecule has 0 spiro atoms. The van der Waals surface area contributed by atoms with Crippen molar-refractivity contribution >= 4 is 33.3 Å². The molecule has 0 radical (unpaired) electrons. The van der Waals surface area contributed by atoms with E-state index in [0.29, 0.717) is 50.2 Å². The number of aliphatic carboxylic acids is 1. The number of carbonyl (C=O) groups is 1. The third kappa shape index (κ3) is 7.47. The smallest absolute Gasteiger partial charge is 0.475 e. The van der Waals surface area contributed by atoms with Crippen LogP contribution in [0.15, 0.2) is 23.1 Å². The lowest BCUT2D eigenvalue weighted by atomic mass is 10.0. The fourth-order valence-electron chi connectivity index (χ4n) is 4.81. The van der Waals surface area contributed by atoms with Crippen molar-refractivity contribution in [2.45, 2.75) is 55.6 Å². The van der Waals surface area contributed by atoms with Gasteiger partial charge in [0.25, 0.3) is 0 Å². The van der Waals surface area contributed by atoms with Crippen LogP contribution in [0, 0.1) is 23.2 Å². The fourth-order valence-corrected chi connectivity index (χ4v) is 6.56. The van der Waals surface area contributed by atoms with Crippen LogP contribution >= 0.6 is 11.6 Å². The third-order valence-corrected chi connectivity index (χ3v) is 9.09. The molecule has 1 aliphatic heterocycles. The van der Waals surface area contributed by atoms with E-state index in [1.165, 1.54) is 36.4 Å². The monoisotopic (exact) mass is 550 g/mol. The number of rotatable bonds is 7. The molecule has 2 N–H and O–H groups in total. The van der Waals surface area contributed by atoms with E-state index in [1.54, 1.807) is 12.1 Å². The molecule has 4 rings (SSSR count). The lowest BCUT2D eigenvalue weighted by molar-refractivity contribution is -0.192. The van der Waals surface area contributed by atoms with Crippen molar-refractivity contribution < 1.29 is 31.5 Å². The van der Waals surface area contributed by atoms with Crippen LogP contribution in [0.4, 0.5) is 18.9 Å². The van der Waals surface area contributed by atoms with Crippen LogP contribution in [0.25, 0.3) is 0 Å². The molecule has 8 nitrogen and oxygen atoms in total. The first-order valence-electron chi connectivity index (χ1n) is 11.9. The summed E-state index contributed by atoms with van der Waals surface area (Å²) in [6, 6.07) is 7.66. The number of nitrogens with one attached hydrogen (secondary N) is 1. The summed E-state index contributed by atoms with van der Waals surface area (Å²) in [5.74, 6) is -1.17. The maximum absolute atomic E-state index is 13.0. The number of carboxylic acids is 1. The van der Waals surface area contributed by atoms with Crippen LogP contribution in [0.3, 0.4) is 0 Å². The van der Waals surface area contributed by atoms with Gasteiger partial charge in [-0.15, -0.1) is 0 Å². The van der Waals surface area contributed by atoms with Gasteiger partial charge in [0, 0.05) is 45.2 Å². The quantitative estimate of drug-likeness (QED) is 0.523. The van der Waals surface area contributed by atoms with Crippen LogP contribution in [0.2, 0.25) is 5.02 Å². The Kier molecular flexibility index (Phi) is 9.49. The van der Waals surface area contributed by atoms with Crippen LogP contribution in [0.1, 0.15) is 38.5 Å². The third-order valence-electron chi connectivity index (χ3n) is 6.88. The number of alkyl halides is 3. The second kappa shape index (κ2) is 12.0. The van der Waals surface area contributed by atoms with Crippen LogP contribution < -0.4 is 5.32 Å². The molecule has 2 unspecified atom stereocenters. The molecule has 0 aromatic heterocycles. The highest BCUT2D eigenvalue weighted by Crippen LogP contribution is 2.47. The van der Waals surface area contributed by atoms with Crippen LogP contribution in [-0.2, 0) is 14.8 Å². The second-order valence-corrected chi connectivity index (χ2v) is 11.6. The molecule has 3 fully saturated rings. The number of nitrogens with zero attached hydrogens (tertiary/aromatic N) is 3.